The molecule has 0 aliphatic heterocycles. The first-order chi connectivity index (χ1) is 19.1. The molecule has 1 N–H and O–H groups in total. The van der Waals surface area contributed by atoms with Crippen molar-refractivity contribution in [3.63, 3.8) is 0 Å². The van der Waals surface area contributed by atoms with Crippen molar-refractivity contribution in [2.45, 2.75) is 45.9 Å². The molecule has 0 fully saturated rings. The lowest BCUT2D eigenvalue weighted by molar-refractivity contribution is -0.139. The van der Waals surface area contributed by atoms with E-state index >= 15 is 0 Å². The SMILES string of the molecule is CCCCNC(=O)[C@H](C)N(Cc1ccccc1F)C(=O)CN(c1ccc(OCc2ccccc2)cc1)S(C)(=O)=O. The van der Waals surface area contributed by atoms with E-state index in [2.05, 4.69) is 5.32 Å². The van der Waals surface area contributed by atoms with Crippen LogP contribution in [0.2, 0.25) is 0 Å². The van der Waals surface area contributed by atoms with Gasteiger partial charge in [0.25, 0.3) is 0 Å². The standard InChI is InChI=1S/C30H36FN3O5S/c1-4-5-19-32-30(36)23(2)33(20-25-13-9-10-14-28(25)31)29(35)21-34(40(3,37)38)26-15-17-27(18-16-26)39-22-24-11-7-6-8-12-24/h6-18,23H,4-5,19-22H2,1-3H3,(H,32,36)/t23-/m0/s1. The van der Waals surface area contributed by atoms with Crippen LogP contribution in [0.15, 0.2) is 78.9 Å². The molecule has 0 saturated carbocycles. The Morgan fingerprint density at radius 2 is 1.62 bits per heavy atom. The van der Waals surface area contributed by atoms with Gasteiger partial charge in [0.2, 0.25) is 21.8 Å². The Labute approximate surface area is 235 Å². The summed E-state index contributed by atoms with van der Waals surface area (Å²) in [7, 11) is -3.89. The van der Waals surface area contributed by atoms with Crippen LogP contribution in [-0.2, 0) is 32.8 Å². The van der Waals surface area contributed by atoms with Gasteiger partial charge in [0, 0.05) is 18.7 Å². The number of sulfonamides is 1. The predicted molar refractivity (Wildman–Crippen MR) is 154 cm³/mol. The van der Waals surface area contributed by atoms with E-state index < -0.39 is 40.2 Å². The van der Waals surface area contributed by atoms with E-state index in [1.807, 2.05) is 37.3 Å². The van der Waals surface area contributed by atoms with Crippen molar-refractivity contribution in [3.05, 3.63) is 95.8 Å². The van der Waals surface area contributed by atoms with Crippen LogP contribution in [0.25, 0.3) is 0 Å². The summed E-state index contributed by atoms with van der Waals surface area (Å²) in [4.78, 5) is 27.6. The highest BCUT2D eigenvalue weighted by atomic mass is 32.2. The molecule has 3 aromatic carbocycles. The van der Waals surface area contributed by atoms with Gasteiger partial charge in [-0.25, -0.2) is 12.8 Å². The van der Waals surface area contributed by atoms with Crippen molar-refractivity contribution in [2.75, 3.05) is 23.7 Å². The van der Waals surface area contributed by atoms with Crippen molar-refractivity contribution in [2.24, 2.45) is 0 Å². The number of carbonyl (C=O) groups is 2. The molecular weight excluding hydrogens is 533 g/mol. The highest BCUT2D eigenvalue weighted by Gasteiger charge is 2.30. The number of hydrogen-bond acceptors (Lipinski definition) is 5. The van der Waals surface area contributed by atoms with E-state index in [0.29, 0.717) is 18.9 Å². The fourth-order valence-electron chi connectivity index (χ4n) is 3.99. The van der Waals surface area contributed by atoms with Crippen molar-refractivity contribution in [1.29, 1.82) is 0 Å². The van der Waals surface area contributed by atoms with Crippen LogP contribution in [0.1, 0.15) is 37.8 Å². The number of ether oxygens (including phenoxy) is 1. The Kier molecular flexibility index (Phi) is 11.1. The van der Waals surface area contributed by atoms with Crippen LogP contribution in [0.5, 0.6) is 5.75 Å². The maximum absolute atomic E-state index is 14.5. The van der Waals surface area contributed by atoms with Gasteiger partial charge in [-0.3, -0.25) is 13.9 Å². The van der Waals surface area contributed by atoms with Crippen molar-refractivity contribution in [1.82, 2.24) is 10.2 Å². The molecule has 0 unspecified atom stereocenters. The smallest absolute Gasteiger partial charge is 0.244 e. The molecule has 0 spiro atoms. The molecule has 40 heavy (non-hydrogen) atoms. The summed E-state index contributed by atoms with van der Waals surface area (Å²) in [5.41, 5.74) is 1.46. The van der Waals surface area contributed by atoms with Crippen LogP contribution in [0, 0.1) is 5.82 Å². The maximum Gasteiger partial charge on any atom is 0.244 e. The Hall–Kier alpha value is -3.92. The second kappa shape index (κ2) is 14.5. The lowest BCUT2D eigenvalue weighted by Gasteiger charge is -2.31. The lowest BCUT2D eigenvalue weighted by atomic mass is 10.1. The molecule has 2 amide bonds. The minimum absolute atomic E-state index is 0.197. The van der Waals surface area contributed by atoms with E-state index in [-0.39, 0.29) is 17.8 Å². The van der Waals surface area contributed by atoms with Gasteiger partial charge < -0.3 is 15.0 Å². The summed E-state index contributed by atoms with van der Waals surface area (Å²) >= 11 is 0. The van der Waals surface area contributed by atoms with Gasteiger partial charge in [-0.15, -0.1) is 0 Å². The van der Waals surface area contributed by atoms with E-state index in [1.165, 1.54) is 23.1 Å². The molecule has 3 aromatic rings. The van der Waals surface area contributed by atoms with E-state index in [9.17, 15) is 22.4 Å². The topological polar surface area (TPSA) is 96.0 Å². The van der Waals surface area contributed by atoms with Gasteiger partial charge in [0.05, 0.1) is 11.9 Å². The van der Waals surface area contributed by atoms with Crippen molar-refractivity contribution >= 4 is 27.5 Å². The number of benzene rings is 3. The van der Waals surface area contributed by atoms with Gasteiger partial charge in [-0.05, 0) is 49.2 Å². The number of nitrogens with zero attached hydrogens (tertiary/aromatic N) is 2. The molecule has 0 aromatic heterocycles. The monoisotopic (exact) mass is 569 g/mol. The zero-order valence-electron chi connectivity index (χ0n) is 23.0. The Morgan fingerprint density at radius 1 is 0.975 bits per heavy atom. The summed E-state index contributed by atoms with van der Waals surface area (Å²) in [5.74, 6) is -1.03. The zero-order valence-corrected chi connectivity index (χ0v) is 23.9. The Balaban J connectivity index is 1.81. The van der Waals surface area contributed by atoms with Crippen molar-refractivity contribution in [3.8, 4) is 5.75 Å². The van der Waals surface area contributed by atoms with Crippen LogP contribution in [0.3, 0.4) is 0 Å². The summed E-state index contributed by atoms with van der Waals surface area (Å²) in [6, 6.07) is 21.0. The Morgan fingerprint density at radius 3 is 2.25 bits per heavy atom. The lowest BCUT2D eigenvalue weighted by Crippen LogP contribution is -2.51. The highest BCUT2D eigenvalue weighted by molar-refractivity contribution is 7.92. The summed E-state index contributed by atoms with van der Waals surface area (Å²) in [6.07, 6.45) is 2.65. The largest absolute Gasteiger partial charge is 0.489 e. The predicted octanol–water partition coefficient (Wildman–Crippen LogP) is 4.50. The fraction of sp³-hybridized carbons (Fsp3) is 0.333. The molecule has 0 radical (unpaired) electrons. The minimum atomic E-state index is -3.89. The Bertz CT molecular complexity index is 1370. The first-order valence-corrected chi connectivity index (χ1v) is 15.0. The average molecular weight is 570 g/mol. The van der Waals surface area contributed by atoms with E-state index in [0.717, 1.165) is 29.0 Å². The summed E-state index contributed by atoms with van der Waals surface area (Å²) in [6.45, 7) is 3.56. The number of amides is 2. The fourth-order valence-corrected chi connectivity index (χ4v) is 4.84. The number of hydrogen-bond donors (Lipinski definition) is 1. The molecule has 214 valence electrons. The molecule has 1 atom stereocenters. The number of halogens is 1. The molecule has 0 aliphatic rings. The average Bonchev–Trinajstić information content (AvgIpc) is 2.94. The van der Waals surface area contributed by atoms with Crippen LogP contribution >= 0.6 is 0 Å². The minimum Gasteiger partial charge on any atom is -0.489 e. The molecule has 0 aliphatic carbocycles. The molecule has 10 heteroatoms. The summed E-state index contributed by atoms with van der Waals surface area (Å²) < 4.78 is 46.8. The number of anilines is 1. The molecule has 0 saturated heterocycles. The van der Waals surface area contributed by atoms with Gasteiger partial charge in [-0.2, -0.15) is 0 Å². The van der Waals surface area contributed by atoms with Gasteiger partial charge in [0.1, 0.15) is 30.8 Å². The third-order valence-electron chi connectivity index (χ3n) is 6.35. The number of rotatable bonds is 14. The van der Waals surface area contributed by atoms with Gasteiger partial charge in [0.15, 0.2) is 0 Å². The van der Waals surface area contributed by atoms with Crippen LogP contribution in [-0.4, -0.2) is 50.5 Å². The normalized spacial score (nSPS) is 11.9. The van der Waals surface area contributed by atoms with Gasteiger partial charge >= 0.3 is 0 Å². The molecule has 0 heterocycles. The quantitative estimate of drug-likeness (QED) is 0.289. The first-order valence-electron chi connectivity index (χ1n) is 13.1. The second-order valence-corrected chi connectivity index (χ2v) is 11.4. The van der Waals surface area contributed by atoms with Crippen LogP contribution < -0.4 is 14.4 Å². The zero-order chi connectivity index (χ0) is 29.1. The third kappa shape index (κ3) is 8.81. The molecule has 3 rings (SSSR count). The first kappa shape index (κ1) is 30.6. The summed E-state index contributed by atoms with van der Waals surface area (Å²) in [5, 5.41) is 2.79. The van der Waals surface area contributed by atoms with Crippen molar-refractivity contribution < 1.29 is 27.1 Å². The molecular formula is C30H36FN3O5S. The van der Waals surface area contributed by atoms with E-state index in [4.69, 9.17) is 4.74 Å². The molecule has 8 nitrogen and oxygen atoms in total. The number of nitrogens with one attached hydrogen (secondary N) is 1. The number of carbonyl (C=O) groups excluding carboxylic acids is 2. The van der Waals surface area contributed by atoms with Gasteiger partial charge in [-0.1, -0.05) is 61.9 Å². The van der Waals surface area contributed by atoms with E-state index in [1.54, 1.807) is 37.3 Å². The second-order valence-electron chi connectivity index (χ2n) is 9.47. The molecule has 0 bridgehead atoms. The number of unbranched alkanes of at least 4 members (excludes halogenated alkanes) is 1. The third-order valence-corrected chi connectivity index (χ3v) is 7.49. The maximum atomic E-state index is 14.5. The highest BCUT2D eigenvalue weighted by Crippen LogP contribution is 2.23. The van der Waals surface area contributed by atoms with Crippen LogP contribution in [0.4, 0.5) is 10.1 Å².